The summed E-state index contributed by atoms with van der Waals surface area (Å²) in [6, 6.07) is 9.32. The highest BCUT2D eigenvalue weighted by Crippen LogP contribution is 2.26. The predicted octanol–water partition coefficient (Wildman–Crippen LogP) is 5.33. The van der Waals surface area contributed by atoms with Crippen LogP contribution < -0.4 is 14.2 Å². The normalized spacial score (nSPS) is 9.08. The highest BCUT2D eigenvalue weighted by molar-refractivity contribution is 5.98. The van der Waals surface area contributed by atoms with Crippen LogP contribution in [-0.2, 0) is 6.42 Å². The number of ether oxygens (including phenoxy) is 3. The van der Waals surface area contributed by atoms with Crippen LogP contribution in [0.2, 0.25) is 0 Å². The number of hydrogen-bond acceptors (Lipinski definition) is 4. The van der Waals surface area contributed by atoms with E-state index in [4.69, 9.17) is 14.2 Å². The van der Waals surface area contributed by atoms with Crippen LogP contribution in [0.5, 0.6) is 17.2 Å². The number of methoxy groups -OCH3 is 3. The van der Waals surface area contributed by atoms with E-state index in [0.717, 1.165) is 0 Å². The third-order valence-corrected chi connectivity index (χ3v) is 3.32. The number of Topliss-reactive ketones (excluding diaryl/α,β-unsaturated/α-hetero) is 1. The van der Waals surface area contributed by atoms with E-state index < -0.39 is 5.82 Å². The second kappa shape index (κ2) is 12.8. The maximum absolute atomic E-state index is 14.0. The number of carbonyl (C=O) groups is 1. The van der Waals surface area contributed by atoms with Crippen LogP contribution in [0.15, 0.2) is 36.4 Å². The standard InChI is InChI=1S/C17H17FO4.2C2H6/c1-20-12-5-7-17(22-3)11(8-12)9-16(19)14-6-4-13(21-2)10-15(14)18;2*1-2/h4-8,10H,9H2,1-3H3;2*1-2H3. The summed E-state index contributed by atoms with van der Waals surface area (Å²) in [5, 5.41) is 0. The summed E-state index contributed by atoms with van der Waals surface area (Å²) in [6.45, 7) is 8.00. The molecule has 0 aliphatic rings. The number of hydrogen-bond donors (Lipinski definition) is 0. The van der Waals surface area contributed by atoms with Gasteiger partial charge in [-0.1, -0.05) is 27.7 Å². The molecule has 0 aliphatic carbocycles. The molecule has 0 N–H and O–H groups in total. The number of carbonyl (C=O) groups excluding carboxylic acids is 1. The van der Waals surface area contributed by atoms with E-state index in [1.54, 1.807) is 24.3 Å². The number of halogens is 1. The summed E-state index contributed by atoms with van der Waals surface area (Å²) in [6.07, 6.45) is 0.0175. The van der Waals surface area contributed by atoms with Gasteiger partial charge in [0.05, 0.1) is 26.9 Å². The minimum absolute atomic E-state index is 0.0175. The van der Waals surface area contributed by atoms with Gasteiger partial charge in [0.25, 0.3) is 0 Å². The molecule has 0 saturated carbocycles. The summed E-state index contributed by atoms with van der Waals surface area (Å²) >= 11 is 0. The van der Waals surface area contributed by atoms with Gasteiger partial charge in [0, 0.05) is 18.1 Å². The third kappa shape index (κ3) is 6.39. The van der Waals surface area contributed by atoms with Crippen molar-refractivity contribution in [1.82, 2.24) is 0 Å². The third-order valence-electron chi connectivity index (χ3n) is 3.32. The quantitative estimate of drug-likeness (QED) is 0.650. The molecule has 0 amide bonds. The molecule has 0 spiro atoms. The minimum atomic E-state index is -0.605. The molecule has 2 aromatic rings. The van der Waals surface area contributed by atoms with Crippen LogP contribution >= 0.6 is 0 Å². The van der Waals surface area contributed by atoms with Gasteiger partial charge in [-0.2, -0.15) is 0 Å². The Hall–Kier alpha value is -2.56. The number of rotatable bonds is 6. The van der Waals surface area contributed by atoms with Gasteiger partial charge in [0.1, 0.15) is 23.1 Å². The van der Waals surface area contributed by atoms with Gasteiger partial charge < -0.3 is 14.2 Å². The summed E-state index contributed by atoms with van der Waals surface area (Å²) in [4.78, 5) is 12.3. The van der Waals surface area contributed by atoms with Crippen molar-refractivity contribution in [1.29, 1.82) is 0 Å². The van der Waals surface area contributed by atoms with E-state index in [-0.39, 0.29) is 17.8 Å². The molecule has 0 heterocycles. The Kier molecular flexibility index (Phi) is 11.5. The Balaban J connectivity index is 0.00000146. The van der Waals surface area contributed by atoms with Crippen molar-refractivity contribution in [3.63, 3.8) is 0 Å². The van der Waals surface area contributed by atoms with Crippen molar-refractivity contribution in [3.8, 4) is 17.2 Å². The van der Waals surface area contributed by atoms with Crippen LogP contribution in [-0.4, -0.2) is 27.1 Å². The molecule has 0 fully saturated rings. The first-order valence-corrected chi connectivity index (χ1v) is 8.66. The average Bonchev–Trinajstić information content (AvgIpc) is 2.70. The zero-order valence-electron chi connectivity index (χ0n) is 16.7. The lowest BCUT2D eigenvalue weighted by Crippen LogP contribution is -2.07. The van der Waals surface area contributed by atoms with Crippen molar-refractivity contribution in [3.05, 3.63) is 53.3 Å². The van der Waals surface area contributed by atoms with Gasteiger partial charge in [0.2, 0.25) is 0 Å². The van der Waals surface area contributed by atoms with E-state index in [1.165, 1.54) is 33.5 Å². The Bertz CT molecular complexity index is 684. The lowest BCUT2D eigenvalue weighted by atomic mass is 10.0. The second-order valence-electron chi connectivity index (χ2n) is 4.62. The van der Waals surface area contributed by atoms with E-state index >= 15 is 0 Å². The lowest BCUT2D eigenvalue weighted by Gasteiger charge is -2.10. The highest BCUT2D eigenvalue weighted by atomic mass is 19.1. The van der Waals surface area contributed by atoms with Gasteiger partial charge in [-0.25, -0.2) is 4.39 Å². The minimum Gasteiger partial charge on any atom is -0.497 e. The fraction of sp³-hybridized carbons (Fsp3) is 0.381. The van der Waals surface area contributed by atoms with Crippen LogP contribution in [0.3, 0.4) is 0 Å². The predicted molar refractivity (Wildman–Crippen MR) is 103 cm³/mol. The number of ketones is 1. The SMILES string of the molecule is CC.CC.COc1ccc(C(=O)Cc2cc(OC)ccc2OC)c(F)c1. The van der Waals surface area contributed by atoms with Gasteiger partial charge >= 0.3 is 0 Å². The Morgan fingerprint density at radius 3 is 1.88 bits per heavy atom. The maximum Gasteiger partial charge on any atom is 0.170 e. The molecule has 0 bridgehead atoms. The van der Waals surface area contributed by atoms with Crippen LogP contribution in [0.4, 0.5) is 4.39 Å². The second-order valence-corrected chi connectivity index (χ2v) is 4.62. The monoisotopic (exact) mass is 364 g/mol. The molecule has 0 atom stereocenters. The van der Waals surface area contributed by atoms with Crippen molar-refractivity contribution in [2.45, 2.75) is 34.1 Å². The summed E-state index contributed by atoms with van der Waals surface area (Å²) in [5.74, 6) is 0.591. The Morgan fingerprint density at radius 2 is 1.38 bits per heavy atom. The molecule has 0 aromatic heterocycles. The zero-order valence-corrected chi connectivity index (χ0v) is 16.7. The van der Waals surface area contributed by atoms with Gasteiger partial charge in [-0.3, -0.25) is 4.79 Å². The number of benzene rings is 2. The first-order chi connectivity index (χ1) is 12.6. The highest BCUT2D eigenvalue weighted by Gasteiger charge is 2.16. The van der Waals surface area contributed by atoms with E-state index in [0.29, 0.717) is 22.8 Å². The molecule has 0 saturated heterocycles. The summed E-state index contributed by atoms with van der Waals surface area (Å²) in [5.41, 5.74) is 0.660. The molecule has 26 heavy (non-hydrogen) atoms. The smallest absolute Gasteiger partial charge is 0.170 e. The fourth-order valence-electron chi connectivity index (χ4n) is 2.14. The lowest BCUT2D eigenvalue weighted by molar-refractivity contribution is 0.0988. The van der Waals surface area contributed by atoms with Crippen LogP contribution in [0.25, 0.3) is 0 Å². The van der Waals surface area contributed by atoms with Gasteiger partial charge in [-0.05, 0) is 30.3 Å². The largest absolute Gasteiger partial charge is 0.497 e. The first kappa shape index (κ1) is 23.4. The molecule has 2 rings (SSSR count). The van der Waals surface area contributed by atoms with Crippen LogP contribution in [0.1, 0.15) is 43.6 Å². The molecule has 2 aromatic carbocycles. The van der Waals surface area contributed by atoms with Crippen LogP contribution in [0, 0.1) is 5.82 Å². The average molecular weight is 364 g/mol. The molecule has 0 unspecified atom stereocenters. The topological polar surface area (TPSA) is 44.8 Å². The summed E-state index contributed by atoms with van der Waals surface area (Å²) < 4.78 is 29.3. The van der Waals surface area contributed by atoms with Crippen molar-refractivity contribution in [2.24, 2.45) is 0 Å². The van der Waals surface area contributed by atoms with Gasteiger partial charge in [0.15, 0.2) is 5.78 Å². The molecule has 4 nitrogen and oxygen atoms in total. The van der Waals surface area contributed by atoms with Crippen molar-refractivity contribution < 1.29 is 23.4 Å². The molecule has 0 radical (unpaired) electrons. The maximum atomic E-state index is 14.0. The van der Waals surface area contributed by atoms with E-state index in [2.05, 4.69) is 0 Å². The Labute approximate surface area is 155 Å². The van der Waals surface area contributed by atoms with Gasteiger partial charge in [-0.15, -0.1) is 0 Å². The first-order valence-electron chi connectivity index (χ1n) is 8.66. The Morgan fingerprint density at radius 1 is 0.846 bits per heavy atom. The molecular formula is C21H29FO4. The molecule has 144 valence electrons. The molecular weight excluding hydrogens is 335 g/mol. The van der Waals surface area contributed by atoms with E-state index in [1.807, 2.05) is 27.7 Å². The summed E-state index contributed by atoms with van der Waals surface area (Å²) in [7, 11) is 4.50. The van der Waals surface area contributed by atoms with Crippen molar-refractivity contribution >= 4 is 5.78 Å². The van der Waals surface area contributed by atoms with Crippen molar-refractivity contribution in [2.75, 3.05) is 21.3 Å². The fourth-order valence-corrected chi connectivity index (χ4v) is 2.14. The molecule has 5 heteroatoms. The molecule has 0 aliphatic heterocycles. The van der Waals surface area contributed by atoms with E-state index in [9.17, 15) is 9.18 Å². The zero-order chi connectivity index (χ0) is 20.1.